The molecule has 1 unspecified atom stereocenters. The minimum absolute atomic E-state index is 0.157. The molecule has 1 rings (SSSR count). The van der Waals surface area contributed by atoms with E-state index in [1.165, 1.54) is 0 Å². The molecule has 3 nitrogen and oxygen atoms in total. The molecule has 3 heteroatoms. The molecule has 0 aliphatic heterocycles. The van der Waals surface area contributed by atoms with Crippen molar-refractivity contribution in [3.63, 3.8) is 0 Å². The van der Waals surface area contributed by atoms with Gasteiger partial charge in [0.05, 0.1) is 12.2 Å². The molecule has 0 radical (unpaired) electrons. The summed E-state index contributed by atoms with van der Waals surface area (Å²) in [5.41, 5.74) is 0. The van der Waals surface area contributed by atoms with E-state index in [9.17, 15) is 0 Å². The number of hydrogen-bond acceptors (Lipinski definition) is 3. The Hall–Kier alpha value is -0.120. The number of aliphatic hydroxyl groups excluding tert-OH is 1. The number of methoxy groups -OCH3 is 1. The second-order valence-electron chi connectivity index (χ2n) is 3.97. The van der Waals surface area contributed by atoms with Crippen LogP contribution in [0.3, 0.4) is 0 Å². The Morgan fingerprint density at radius 1 is 1.54 bits per heavy atom. The van der Waals surface area contributed by atoms with Gasteiger partial charge in [0, 0.05) is 13.2 Å². The number of aliphatic hydroxyl groups is 1. The molecule has 1 aliphatic carbocycles. The number of rotatable bonds is 6. The largest absolute Gasteiger partial charge is 0.393 e. The Kier molecular flexibility index (Phi) is 4.70. The summed E-state index contributed by atoms with van der Waals surface area (Å²) in [5.74, 6) is 0. The highest BCUT2D eigenvalue weighted by atomic mass is 16.5. The molecule has 0 aromatic carbocycles. The van der Waals surface area contributed by atoms with Crippen LogP contribution in [0.25, 0.3) is 0 Å². The van der Waals surface area contributed by atoms with Gasteiger partial charge >= 0.3 is 0 Å². The van der Waals surface area contributed by atoms with E-state index in [0.29, 0.717) is 12.1 Å². The molecule has 0 aromatic rings. The molecular formula is C10H21NO2. The van der Waals surface area contributed by atoms with Crippen LogP contribution >= 0.6 is 0 Å². The first-order valence-electron chi connectivity index (χ1n) is 5.16. The highest BCUT2D eigenvalue weighted by Crippen LogP contribution is 2.22. The molecular weight excluding hydrogens is 166 g/mol. The van der Waals surface area contributed by atoms with Crippen molar-refractivity contribution in [3.8, 4) is 0 Å². The van der Waals surface area contributed by atoms with E-state index < -0.39 is 0 Å². The smallest absolute Gasteiger partial charge is 0.0601 e. The highest BCUT2D eigenvalue weighted by molar-refractivity contribution is 4.85. The van der Waals surface area contributed by atoms with Crippen LogP contribution in [-0.4, -0.2) is 37.0 Å². The minimum Gasteiger partial charge on any atom is -0.393 e. The quantitative estimate of drug-likeness (QED) is 0.607. The molecule has 1 aliphatic rings. The molecule has 13 heavy (non-hydrogen) atoms. The van der Waals surface area contributed by atoms with Crippen LogP contribution in [0.1, 0.15) is 32.6 Å². The van der Waals surface area contributed by atoms with Crippen molar-refractivity contribution in [1.82, 2.24) is 5.32 Å². The monoisotopic (exact) mass is 187 g/mol. The van der Waals surface area contributed by atoms with Crippen LogP contribution in [0.5, 0.6) is 0 Å². The molecule has 1 atom stereocenters. The molecule has 1 saturated carbocycles. The Labute approximate surface area is 80.5 Å². The molecule has 0 spiro atoms. The summed E-state index contributed by atoms with van der Waals surface area (Å²) in [6, 6.07) is 0.652. The Bertz CT molecular complexity index is 133. The normalized spacial score (nSPS) is 29.8. The van der Waals surface area contributed by atoms with Gasteiger partial charge in [0.25, 0.3) is 0 Å². The lowest BCUT2D eigenvalue weighted by Gasteiger charge is -2.34. The molecule has 78 valence electrons. The topological polar surface area (TPSA) is 41.5 Å². The van der Waals surface area contributed by atoms with E-state index in [1.807, 2.05) is 6.92 Å². The van der Waals surface area contributed by atoms with Gasteiger partial charge in [-0.2, -0.15) is 0 Å². The van der Waals surface area contributed by atoms with E-state index in [4.69, 9.17) is 9.84 Å². The first-order chi connectivity index (χ1) is 6.22. The summed E-state index contributed by atoms with van der Waals surface area (Å²) in [6.07, 6.45) is 4.57. The summed E-state index contributed by atoms with van der Waals surface area (Å²) in [5, 5.41) is 12.5. The van der Waals surface area contributed by atoms with E-state index in [-0.39, 0.29) is 6.10 Å². The van der Waals surface area contributed by atoms with Crippen molar-refractivity contribution in [2.24, 2.45) is 0 Å². The standard InChI is InChI=1S/C10H21NO2/c1-8(12)4-3-5-11-9-6-10(7-9)13-2/h8-12H,3-7H2,1-2H3. The predicted molar refractivity (Wildman–Crippen MR) is 52.7 cm³/mol. The van der Waals surface area contributed by atoms with Crippen molar-refractivity contribution in [2.75, 3.05) is 13.7 Å². The van der Waals surface area contributed by atoms with Gasteiger partial charge in [0.1, 0.15) is 0 Å². The molecule has 0 amide bonds. The van der Waals surface area contributed by atoms with Crippen molar-refractivity contribution in [3.05, 3.63) is 0 Å². The van der Waals surface area contributed by atoms with E-state index in [1.54, 1.807) is 7.11 Å². The van der Waals surface area contributed by atoms with Crippen molar-refractivity contribution >= 4 is 0 Å². The maximum Gasteiger partial charge on any atom is 0.0601 e. The molecule has 2 N–H and O–H groups in total. The third-order valence-electron chi connectivity index (χ3n) is 2.66. The van der Waals surface area contributed by atoms with Crippen molar-refractivity contribution in [2.45, 2.75) is 50.9 Å². The lowest BCUT2D eigenvalue weighted by Crippen LogP contribution is -2.45. The lowest BCUT2D eigenvalue weighted by molar-refractivity contribution is 0.0173. The third kappa shape index (κ3) is 4.07. The van der Waals surface area contributed by atoms with Crippen molar-refractivity contribution < 1.29 is 9.84 Å². The van der Waals surface area contributed by atoms with Gasteiger partial charge in [0.2, 0.25) is 0 Å². The molecule has 0 aromatic heterocycles. The van der Waals surface area contributed by atoms with Crippen LogP contribution in [0.15, 0.2) is 0 Å². The predicted octanol–water partition coefficient (Wildman–Crippen LogP) is 0.914. The fourth-order valence-corrected chi connectivity index (χ4v) is 1.63. The first-order valence-corrected chi connectivity index (χ1v) is 5.16. The summed E-state index contributed by atoms with van der Waals surface area (Å²) in [6.45, 7) is 2.86. The summed E-state index contributed by atoms with van der Waals surface area (Å²) in [7, 11) is 1.77. The Balaban J connectivity index is 1.85. The zero-order chi connectivity index (χ0) is 9.68. The number of nitrogens with one attached hydrogen (secondary N) is 1. The average molecular weight is 187 g/mol. The summed E-state index contributed by atoms with van der Waals surface area (Å²) < 4.78 is 5.18. The van der Waals surface area contributed by atoms with Gasteiger partial charge < -0.3 is 15.2 Å². The Morgan fingerprint density at radius 3 is 2.77 bits per heavy atom. The first kappa shape index (κ1) is 11.0. The lowest BCUT2D eigenvalue weighted by atomic mass is 9.89. The number of ether oxygens (including phenoxy) is 1. The van der Waals surface area contributed by atoms with Crippen molar-refractivity contribution in [1.29, 1.82) is 0 Å². The number of hydrogen-bond donors (Lipinski definition) is 2. The molecule has 0 saturated heterocycles. The fourth-order valence-electron chi connectivity index (χ4n) is 1.63. The van der Waals surface area contributed by atoms with Gasteiger partial charge in [-0.1, -0.05) is 0 Å². The third-order valence-corrected chi connectivity index (χ3v) is 2.66. The van der Waals surface area contributed by atoms with Crippen LogP contribution < -0.4 is 5.32 Å². The zero-order valence-corrected chi connectivity index (χ0v) is 8.62. The van der Waals surface area contributed by atoms with Crippen LogP contribution in [-0.2, 0) is 4.74 Å². The van der Waals surface area contributed by atoms with Gasteiger partial charge in [-0.25, -0.2) is 0 Å². The molecule has 0 heterocycles. The van der Waals surface area contributed by atoms with E-state index in [2.05, 4.69) is 5.32 Å². The average Bonchev–Trinajstić information content (AvgIpc) is 2.00. The van der Waals surface area contributed by atoms with Gasteiger partial charge in [-0.15, -0.1) is 0 Å². The second kappa shape index (κ2) is 5.58. The zero-order valence-electron chi connectivity index (χ0n) is 8.62. The fraction of sp³-hybridized carbons (Fsp3) is 1.00. The summed E-state index contributed by atoms with van der Waals surface area (Å²) in [4.78, 5) is 0. The van der Waals surface area contributed by atoms with Crippen LogP contribution in [0, 0.1) is 0 Å². The second-order valence-corrected chi connectivity index (χ2v) is 3.97. The maximum atomic E-state index is 9.02. The SMILES string of the molecule is COC1CC(NCCCC(C)O)C1. The summed E-state index contributed by atoms with van der Waals surface area (Å²) >= 11 is 0. The van der Waals surface area contributed by atoms with Gasteiger partial charge in [-0.3, -0.25) is 0 Å². The van der Waals surface area contributed by atoms with Crippen LogP contribution in [0.4, 0.5) is 0 Å². The van der Waals surface area contributed by atoms with E-state index in [0.717, 1.165) is 32.2 Å². The minimum atomic E-state index is -0.157. The van der Waals surface area contributed by atoms with Crippen LogP contribution in [0.2, 0.25) is 0 Å². The highest BCUT2D eigenvalue weighted by Gasteiger charge is 2.27. The maximum absolute atomic E-state index is 9.02. The Morgan fingerprint density at radius 2 is 2.23 bits per heavy atom. The van der Waals surface area contributed by atoms with Gasteiger partial charge in [0.15, 0.2) is 0 Å². The molecule has 0 bridgehead atoms. The molecule has 1 fully saturated rings. The van der Waals surface area contributed by atoms with E-state index >= 15 is 0 Å². The van der Waals surface area contributed by atoms with Gasteiger partial charge in [-0.05, 0) is 39.2 Å².